The van der Waals surface area contributed by atoms with Crippen LogP contribution in [0.1, 0.15) is 43.8 Å². The maximum absolute atomic E-state index is 11.6. The summed E-state index contributed by atoms with van der Waals surface area (Å²) < 4.78 is 2.28. The van der Waals surface area contributed by atoms with Crippen LogP contribution in [0.15, 0.2) is 24.3 Å². The highest BCUT2D eigenvalue weighted by Gasteiger charge is 2.24. The number of nitrogens with one attached hydrogen (secondary N) is 1. The van der Waals surface area contributed by atoms with Gasteiger partial charge in [0.15, 0.2) is 0 Å². The molecule has 0 unspecified atom stereocenters. The van der Waals surface area contributed by atoms with Crippen LogP contribution in [0.2, 0.25) is 10.0 Å². The number of benzene rings is 1. The van der Waals surface area contributed by atoms with E-state index in [9.17, 15) is 9.59 Å². The number of imide groups is 1. The van der Waals surface area contributed by atoms with E-state index >= 15 is 0 Å². The first-order valence-electron chi connectivity index (χ1n) is 10.1. The molecule has 3 heterocycles. The number of carbonyl (C=O) groups excluding carboxylic acids is 2. The zero-order valence-corrected chi connectivity index (χ0v) is 17.7. The molecule has 4 rings (SSSR count). The van der Waals surface area contributed by atoms with E-state index in [1.807, 2.05) is 12.1 Å². The first-order chi connectivity index (χ1) is 14.0. The molecule has 0 atom stereocenters. The summed E-state index contributed by atoms with van der Waals surface area (Å²) in [7, 11) is 0. The van der Waals surface area contributed by atoms with E-state index in [-0.39, 0.29) is 11.8 Å². The minimum Gasteiger partial charge on any atom is -0.328 e. The van der Waals surface area contributed by atoms with Crippen LogP contribution in [0.25, 0.3) is 11.0 Å². The molecule has 2 aliphatic heterocycles. The molecular formula is C21H24Cl2N4O2. The third-order valence-corrected chi connectivity index (χ3v) is 6.41. The molecule has 1 saturated heterocycles. The van der Waals surface area contributed by atoms with Crippen molar-refractivity contribution in [3.8, 4) is 0 Å². The summed E-state index contributed by atoms with van der Waals surface area (Å²) in [5, 5.41) is 4.47. The van der Waals surface area contributed by atoms with Gasteiger partial charge in [0.05, 0.1) is 21.1 Å². The lowest BCUT2D eigenvalue weighted by Crippen LogP contribution is -2.30. The normalized spacial score (nSPS) is 17.8. The molecule has 8 heteroatoms. The lowest BCUT2D eigenvalue weighted by Gasteiger charge is -2.23. The Kier molecular flexibility index (Phi) is 6.23. The molecule has 1 aromatic carbocycles. The Labute approximate surface area is 179 Å². The Morgan fingerprint density at radius 2 is 1.62 bits per heavy atom. The number of carbonyl (C=O) groups is 2. The number of imidazole rings is 1. The predicted octanol–water partition coefficient (Wildman–Crippen LogP) is 3.91. The van der Waals surface area contributed by atoms with Gasteiger partial charge in [-0.15, -0.1) is 0 Å². The van der Waals surface area contributed by atoms with Crippen molar-refractivity contribution in [2.24, 2.45) is 0 Å². The van der Waals surface area contributed by atoms with Gasteiger partial charge in [-0.3, -0.25) is 14.5 Å². The van der Waals surface area contributed by atoms with Crippen LogP contribution < -0.4 is 5.32 Å². The van der Waals surface area contributed by atoms with Gasteiger partial charge in [-0.2, -0.15) is 0 Å². The second-order valence-electron chi connectivity index (χ2n) is 7.62. The molecular weight excluding hydrogens is 411 g/mol. The smallest absolute Gasteiger partial charge is 0.253 e. The minimum atomic E-state index is -0.213. The average molecular weight is 435 g/mol. The number of amides is 2. The molecule has 154 valence electrons. The van der Waals surface area contributed by atoms with E-state index in [1.54, 1.807) is 0 Å². The topological polar surface area (TPSA) is 67.2 Å². The van der Waals surface area contributed by atoms with E-state index in [0.29, 0.717) is 22.5 Å². The Bertz CT molecular complexity index is 945. The van der Waals surface area contributed by atoms with Crippen LogP contribution in [-0.4, -0.2) is 45.9 Å². The lowest BCUT2D eigenvalue weighted by molar-refractivity contribution is -0.136. The van der Waals surface area contributed by atoms with Crippen molar-refractivity contribution in [2.75, 3.05) is 19.6 Å². The number of halogens is 2. The van der Waals surface area contributed by atoms with Crippen LogP contribution in [0.4, 0.5) is 0 Å². The largest absolute Gasteiger partial charge is 0.328 e. The summed E-state index contributed by atoms with van der Waals surface area (Å²) in [6.45, 7) is 3.30. The van der Waals surface area contributed by atoms with Gasteiger partial charge in [-0.25, -0.2) is 4.98 Å². The summed E-state index contributed by atoms with van der Waals surface area (Å²) in [6, 6.07) is 3.75. The van der Waals surface area contributed by atoms with Gasteiger partial charge >= 0.3 is 0 Å². The molecule has 6 nitrogen and oxygen atoms in total. The fourth-order valence-corrected chi connectivity index (χ4v) is 4.45. The van der Waals surface area contributed by atoms with Crippen molar-refractivity contribution in [2.45, 2.75) is 44.6 Å². The third kappa shape index (κ3) is 4.34. The monoisotopic (exact) mass is 434 g/mol. The van der Waals surface area contributed by atoms with Crippen molar-refractivity contribution in [1.29, 1.82) is 0 Å². The van der Waals surface area contributed by atoms with Gasteiger partial charge in [0.2, 0.25) is 0 Å². The number of hydrogen-bond acceptors (Lipinski definition) is 4. The second-order valence-corrected chi connectivity index (χ2v) is 8.44. The molecule has 0 radical (unpaired) electrons. The number of fused-ring (bicyclic) bond motifs is 1. The molecule has 0 aliphatic carbocycles. The maximum Gasteiger partial charge on any atom is 0.253 e. The Balaban J connectivity index is 1.45. The fourth-order valence-electron chi connectivity index (χ4n) is 4.13. The van der Waals surface area contributed by atoms with Gasteiger partial charge in [0.25, 0.3) is 11.8 Å². The Hall–Kier alpha value is -1.89. The summed E-state index contributed by atoms with van der Waals surface area (Å²) in [5.41, 5.74) is 1.90. The van der Waals surface area contributed by atoms with Crippen LogP contribution in [0.5, 0.6) is 0 Å². The van der Waals surface area contributed by atoms with Crippen molar-refractivity contribution in [3.63, 3.8) is 0 Å². The minimum absolute atomic E-state index is 0.213. The average Bonchev–Trinajstić information content (AvgIpc) is 3.23. The van der Waals surface area contributed by atoms with Crippen molar-refractivity contribution >= 4 is 46.0 Å². The SMILES string of the molecule is O=C1C=CC(=O)N1CCCCCn1c(C2CCNCC2)nc2cc(Cl)c(Cl)cc21. The number of aromatic nitrogens is 2. The summed E-state index contributed by atoms with van der Waals surface area (Å²) in [4.78, 5) is 29.5. The number of nitrogens with zero attached hydrogens (tertiary/aromatic N) is 3. The number of piperidine rings is 1. The van der Waals surface area contributed by atoms with Gasteiger partial charge < -0.3 is 9.88 Å². The quantitative estimate of drug-likeness (QED) is 0.529. The van der Waals surface area contributed by atoms with Crippen molar-refractivity contribution in [3.05, 3.63) is 40.2 Å². The zero-order chi connectivity index (χ0) is 20.4. The number of hydrogen-bond donors (Lipinski definition) is 1. The van der Waals surface area contributed by atoms with Crippen LogP contribution in [0.3, 0.4) is 0 Å². The van der Waals surface area contributed by atoms with E-state index in [0.717, 1.165) is 68.6 Å². The highest BCUT2D eigenvalue weighted by atomic mass is 35.5. The zero-order valence-electron chi connectivity index (χ0n) is 16.2. The molecule has 0 bridgehead atoms. The molecule has 29 heavy (non-hydrogen) atoms. The fraction of sp³-hybridized carbons (Fsp3) is 0.476. The molecule has 1 aromatic heterocycles. The molecule has 2 amide bonds. The summed E-state index contributed by atoms with van der Waals surface area (Å²) >= 11 is 12.5. The van der Waals surface area contributed by atoms with Crippen LogP contribution >= 0.6 is 23.2 Å². The molecule has 0 saturated carbocycles. The van der Waals surface area contributed by atoms with Gasteiger partial charge in [0, 0.05) is 31.2 Å². The van der Waals surface area contributed by atoms with E-state index < -0.39 is 0 Å². The Morgan fingerprint density at radius 3 is 2.34 bits per heavy atom. The third-order valence-electron chi connectivity index (χ3n) is 5.69. The van der Waals surface area contributed by atoms with Gasteiger partial charge in [0.1, 0.15) is 5.82 Å². The molecule has 2 aromatic rings. The molecule has 1 N–H and O–H groups in total. The van der Waals surface area contributed by atoms with E-state index in [2.05, 4.69) is 9.88 Å². The number of rotatable bonds is 7. The van der Waals surface area contributed by atoms with E-state index in [1.165, 1.54) is 17.1 Å². The van der Waals surface area contributed by atoms with Gasteiger partial charge in [-0.1, -0.05) is 23.2 Å². The standard InChI is InChI=1S/C21H24Cl2N4O2/c22-15-12-17-18(13-16(15)23)26(21(25-17)14-6-8-24-9-7-14)10-2-1-3-11-27-19(28)4-5-20(27)29/h4-5,12-14,24H,1-3,6-11H2. The second kappa shape index (κ2) is 8.86. The van der Waals surface area contributed by atoms with E-state index in [4.69, 9.17) is 28.2 Å². The van der Waals surface area contributed by atoms with Gasteiger partial charge in [-0.05, 0) is 57.3 Å². The van der Waals surface area contributed by atoms with Crippen LogP contribution in [0, 0.1) is 0 Å². The number of aryl methyl sites for hydroxylation is 1. The van der Waals surface area contributed by atoms with Crippen LogP contribution in [-0.2, 0) is 16.1 Å². The number of unbranched alkanes of at least 4 members (excludes halogenated alkanes) is 2. The predicted molar refractivity (Wildman–Crippen MR) is 114 cm³/mol. The lowest BCUT2D eigenvalue weighted by atomic mass is 9.97. The summed E-state index contributed by atoms with van der Waals surface area (Å²) in [6.07, 6.45) is 7.45. The van der Waals surface area contributed by atoms with Crippen molar-refractivity contribution < 1.29 is 9.59 Å². The molecule has 2 aliphatic rings. The highest BCUT2D eigenvalue weighted by Crippen LogP contribution is 2.33. The highest BCUT2D eigenvalue weighted by molar-refractivity contribution is 6.42. The Morgan fingerprint density at radius 1 is 0.966 bits per heavy atom. The molecule has 1 fully saturated rings. The molecule has 0 spiro atoms. The summed E-state index contributed by atoms with van der Waals surface area (Å²) in [5.74, 6) is 1.10. The first kappa shape index (κ1) is 20.4. The van der Waals surface area contributed by atoms with Crippen molar-refractivity contribution in [1.82, 2.24) is 19.8 Å². The maximum atomic E-state index is 11.6. The first-order valence-corrected chi connectivity index (χ1v) is 10.9.